The average molecular weight is 443 g/mol. The number of ether oxygens (including phenoxy) is 3. The molecule has 0 amide bonds. The molecule has 8 nitrogen and oxygen atoms in total. The highest BCUT2D eigenvalue weighted by atomic mass is 16.6. The summed E-state index contributed by atoms with van der Waals surface area (Å²) >= 11 is 0. The van der Waals surface area contributed by atoms with Gasteiger partial charge in [-0.25, -0.2) is 4.79 Å². The molecule has 3 heterocycles. The highest BCUT2D eigenvalue weighted by molar-refractivity contribution is 6.06. The molecule has 0 radical (unpaired) electrons. The lowest BCUT2D eigenvalue weighted by molar-refractivity contribution is -0.154. The Morgan fingerprint density at radius 2 is 2.12 bits per heavy atom. The zero-order valence-corrected chi connectivity index (χ0v) is 19.0. The van der Waals surface area contributed by atoms with Crippen molar-refractivity contribution < 1.29 is 28.9 Å². The minimum absolute atomic E-state index is 0.146. The summed E-state index contributed by atoms with van der Waals surface area (Å²) in [6, 6.07) is 5.49. The molecule has 3 aliphatic heterocycles. The van der Waals surface area contributed by atoms with Gasteiger partial charge in [-0.15, -0.1) is 0 Å². The van der Waals surface area contributed by atoms with Gasteiger partial charge in [0.1, 0.15) is 5.75 Å². The first kappa shape index (κ1) is 22.3. The van der Waals surface area contributed by atoms with E-state index in [2.05, 4.69) is 11.8 Å². The lowest BCUT2D eigenvalue weighted by atomic mass is 9.70. The first-order valence-corrected chi connectivity index (χ1v) is 11.0. The molecule has 0 bridgehead atoms. The van der Waals surface area contributed by atoms with Crippen molar-refractivity contribution in [2.75, 3.05) is 27.3 Å². The molecular weight excluding hydrogens is 412 g/mol. The monoisotopic (exact) mass is 442 g/mol. The summed E-state index contributed by atoms with van der Waals surface area (Å²) in [6.07, 6.45) is 3.35. The van der Waals surface area contributed by atoms with Crippen LogP contribution in [0.1, 0.15) is 38.7 Å². The summed E-state index contributed by atoms with van der Waals surface area (Å²) in [5, 5.41) is 9.86. The molecule has 4 atom stereocenters. The number of piperidine rings is 2. The van der Waals surface area contributed by atoms with Crippen LogP contribution in [0.3, 0.4) is 0 Å². The van der Waals surface area contributed by atoms with Gasteiger partial charge in [0.25, 0.3) is 0 Å². The lowest BCUT2D eigenvalue weighted by Crippen LogP contribution is -2.61. The van der Waals surface area contributed by atoms with E-state index in [4.69, 9.17) is 19.2 Å². The van der Waals surface area contributed by atoms with Crippen molar-refractivity contribution in [2.45, 2.75) is 44.8 Å². The van der Waals surface area contributed by atoms with E-state index in [-0.39, 0.29) is 29.4 Å². The van der Waals surface area contributed by atoms with Gasteiger partial charge in [-0.3, -0.25) is 14.7 Å². The zero-order valence-electron chi connectivity index (χ0n) is 19.0. The maximum atomic E-state index is 12.2. The zero-order chi connectivity index (χ0) is 23.0. The Kier molecular flexibility index (Phi) is 5.99. The van der Waals surface area contributed by atoms with Gasteiger partial charge in [0.05, 0.1) is 49.1 Å². The molecule has 32 heavy (non-hydrogen) atoms. The fourth-order valence-corrected chi connectivity index (χ4v) is 5.72. The third-order valence-electron chi connectivity index (χ3n) is 7.04. The van der Waals surface area contributed by atoms with Gasteiger partial charge in [0, 0.05) is 26.4 Å². The van der Waals surface area contributed by atoms with Crippen LogP contribution < -0.4 is 4.74 Å². The smallest absolute Gasteiger partial charge is 0.334 e. The van der Waals surface area contributed by atoms with Crippen LogP contribution in [0, 0.1) is 11.8 Å². The first-order valence-electron chi connectivity index (χ1n) is 11.0. The number of aliphatic imine (C=N–C) groups is 1. The molecule has 2 fully saturated rings. The second-order valence-electron chi connectivity index (χ2n) is 8.66. The van der Waals surface area contributed by atoms with E-state index in [9.17, 15) is 14.7 Å². The van der Waals surface area contributed by atoms with Crippen molar-refractivity contribution in [1.82, 2.24) is 4.90 Å². The molecule has 172 valence electrons. The molecule has 2 saturated heterocycles. The number of methoxy groups -OCH3 is 2. The molecule has 1 aromatic rings. The van der Waals surface area contributed by atoms with Crippen LogP contribution in [-0.4, -0.2) is 61.0 Å². The molecule has 0 aliphatic carbocycles. The van der Waals surface area contributed by atoms with Crippen molar-refractivity contribution in [3.63, 3.8) is 0 Å². The number of fused-ring (bicyclic) bond motifs is 5. The summed E-state index contributed by atoms with van der Waals surface area (Å²) in [6.45, 7) is 4.97. The number of rotatable bonds is 6. The van der Waals surface area contributed by atoms with Crippen LogP contribution in [-0.2, 0) is 24.7 Å². The van der Waals surface area contributed by atoms with Crippen molar-refractivity contribution >= 4 is 23.3 Å². The first-order chi connectivity index (χ1) is 15.4. The molecule has 0 aromatic heterocycles. The lowest BCUT2D eigenvalue weighted by Gasteiger charge is -2.51. The normalized spacial score (nSPS) is 29.3. The molecule has 3 aliphatic rings. The molecule has 1 N–H and O–H groups in total. The third kappa shape index (κ3) is 3.46. The number of hydrogen-bond donors (Lipinski definition) is 1. The highest BCUT2D eigenvalue weighted by Crippen LogP contribution is 2.53. The second-order valence-corrected chi connectivity index (χ2v) is 8.66. The number of carbonyl (C=O) groups excluding carboxylic acids is 1. The minimum Gasteiger partial charge on any atom is -0.504 e. The molecule has 1 aromatic carbocycles. The summed E-state index contributed by atoms with van der Waals surface area (Å²) in [5.74, 6) is -0.720. The van der Waals surface area contributed by atoms with Crippen LogP contribution in [0.4, 0.5) is 5.69 Å². The van der Waals surface area contributed by atoms with Gasteiger partial charge in [-0.1, -0.05) is 19.4 Å². The van der Waals surface area contributed by atoms with Crippen molar-refractivity contribution in [3.8, 4) is 5.75 Å². The quantitative estimate of drug-likeness (QED) is 0.410. The predicted molar refractivity (Wildman–Crippen MR) is 118 cm³/mol. The number of carboxylic acids is 1. The molecular formula is C24H30N2O6. The SMILES string of the molecule is CC[C@@H]1CN2CC[C@@]3(OC(C)=O)C(=Nc4cccc(OC)c43)[C@@H]2C[C@@H]1C(=COC)C(=O)O. The Labute approximate surface area is 187 Å². The largest absolute Gasteiger partial charge is 0.504 e. The fourth-order valence-electron chi connectivity index (χ4n) is 5.72. The van der Waals surface area contributed by atoms with E-state index >= 15 is 0 Å². The van der Waals surface area contributed by atoms with Crippen LogP contribution in [0.5, 0.6) is 5.75 Å². The van der Waals surface area contributed by atoms with Crippen LogP contribution >= 0.6 is 0 Å². The average Bonchev–Trinajstić information content (AvgIpc) is 3.10. The molecule has 4 rings (SSSR count). The van der Waals surface area contributed by atoms with E-state index in [1.165, 1.54) is 20.3 Å². The fraction of sp³-hybridized carbons (Fsp3) is 0.542. The van der Waals surface area contributed by atoms with Gasteiger partial charge < -0.3 is 19.3 Å². The van der Waals surface area contributed by atoms with Crippen LogP contribution in [0.25, 0.3) is 0 Å². The maximum absolute atomic E-state index is 12.2. The topological polar surface area (TPSA) is 97.7 Å². The van der Waals surface area contributed by atoms with E-state index in [1.807, 2.05) is 18.2 Å². The Bertz CT molecular complexity index is 987. The standard InChI is InChI=1S/C24H30N2O6/c1-5-15-12-26-10-9-24(32-14(2)27)21-18(7-6-8-20(21)31-4)25-22(24)19(26)11-16(15)17(13-30-3)23(28)29/h6-8,13,15-16,19H,5,9-12H2,1-4H3,(H,28,29)/t15-,16+,19+,24+/m1/s1. The van der Waals surface area contributed by atoms with Gasteiger partial charge in [-0.05, 0) is 30.4 Å². The second kappa shape index (κ2) is 8.58. The van der Waals surface area contributed by atoms with Crippen molar-refractivity contribution in [3.05, 3.63) is 35.6 Å². The van der Waals surface area contributed by atoms with E-state index < -0.39 is 11.6 Å². The molecule has 0 spiro atoms. The van der Waals surface area contributed by atoms with Crippen molar-refractivity contribution in [1.29, 1.82) is 0 Å². The predicted octanol–water partition coefficient (Wildman–Crippen LogP) is 3.28. The third-order valence-corrected chi connectivity index (χ3v) is 7.04. The summed E-state index contributed by atoms with van der Waals surface area (Å²) in [7, 11) is 3.07. The van der Waals surface area contributed by atoms with Gasteiger partial charge in [0.2, 0.25) is 0 Å². The number of carboxylic acid groups (broad SMARTS) is 1. The van der Waals surface area contributed by atoms with E-state index in [0.717, 1.165) is 29.9 Å². The van der Waals surface area contributed by atoms with Crippen molar-refractivity contribution in [2.24, 2.45) is 16.8 Å². The number of carbonyl (C=O) groups is 2. The summed E-state index contributed by atoms with van der Waals surface area (Å²) in [5.41, 5.74) is 1.57. The van der Waals surface area contributed by atoms with E-state index in [0.29, 0.717) is 25.1 Å². The van der Waals surface area contributed by atoms with Gasteiger partial charge in [0.15, 0.2) is 5.60 Å². The number of aliphatic carboxylic acids is 1. The number of nitrogens with zero attached hydrogens (tertiary/aromatic N) is 2. The Balaban J connectivity index is 1.80. The van der Waals surface area contributed by atoms with Gasteiger partial charge in [-0.2, -0.15) is 0 Å². The van der Waals surface area contributed by atoms with Gasteiger partial charge >= 0.3 is 11.9 Å². The maximum Gasteiger partial charge on any atom is 0.334 e. The molecule has 0 saturated carbocycles. The Hall–Kier alpha value is -2.87. The highest BCUT2D eigenvalue weighted by Gasteiger charge is 2.57. The summed E-state index contributed by atoms with van der Waals surface area (Å²) in [4.78, 5) is 31.6. The minimum atomic E-state index is -0.993. The van der Waals surface area contributed by atoms with E-state index in [1.54, 1.807) is 7.11 Å². The Morgan fingerprint density at radius 3 is 2.75 bits per heavy atom. The molecule has 8 heteroatoms. The molecule has 0 unspecified atom stereocenters. The number of esters is 1. The number of hydrogen-bond acceptors (Lipinski definition) is 7. The summed E-state index contributed by atoms with van der Waals surface area (Å²) < 4.78 is 16.8. The van der Waals surface area contributed by atoms with Crippen LogP contribution in [0.2, 0.25) is 0 Å². The van der Waals surface area contributed by atoms with Crippen LogP contribution in [0.15, 0.2) is 35.0 Å². The number of benzene rings is 1. The Morgan fingerprint density at radius 1 is 1.34 bits per heavy atom.